The van der Waals surface area contributed by atoms with Crippen LogP contribution in [0.5, 0.6) is 0 Å². The van der Waals surface area contributed by atoms with Crippen molar-refractivity contribution in [2.24, 2.45) is 0 Å². The molecular formula is C40H43N5O7S. The Morgan fingerprint density at radius 2 is 1.60 bits per heavy atom. The Morgan fingerprint density at radius 1 is 0.868 bits per heavy atom. The summed E-state index contributed by atoms with van der Waals surface area (Å²) >= 11 is 1.89. The minimum Gasteiger partial charge on any atom is -0.504 e. The predicted molar refractivity (Wildman–Crippen MR) is 206 cm³/mol. The van der Waals surface area contributed by atoms with Gasteiger partial charge >= 0.3 is 6.03 Å². The number of H-pyrrole nitrogens is 2. The van der Waals surface area contributed by atoms with Crippen LogP contribution in [0.2, 0.25) is 0 Å². The van der Waals surface area contributed by atoms with Gasteiger partial charge in [0.2, 0.25) is 17.5 Å². The van der Waals surface area contributed by atoms with Crippen molar-refractivity contribution in [3.63, 3.8) is 0 Å². The highest BCUT2D eigenvalue weighted by Crippen LogP contribution is 2.40. The summed E-state index contributed by atoms with van der Waals surface area (Å²) in [5.41, 5.74) is 3.37. The maximum Gasteiger partial charge on any atom is 0.315 e. The highest BCUT2D eigenvalue weighted by atomic mass is 32.2. The van der Waals surface area contributed by atoms with E-state index < -0.39 is 23.1 Å². The number of allylic oxidation sites excluding steroid dienone is 2. The molecule has 3 atom stereocenters. The van der Waals surface area contributed by atoms with Gasteiger partial charge < -0.3 is 36.1 Å². The van der Waals surface area contributed by atoms with Gasteiger partial charge in [-0.25, -0.2) is 4.79 Å². The number of nitrogens with one attached hydrogen (secondary N) is 5. The van der Waals surface area contributed by atoms with Crippen molar-refractivity contribution in [2.75, 3.05) is 11.1 Å². The average Bonchev–Trinajstić information content (AvgIpc) is 3.89. The minimum atomic E-state index is -0.863. The molecule has 7 N–H and O–H groups in total. The number of fused-ring (bicyclic) bond motifs is 3. The number of Topliss-reactive ketones (excluding diaryl/α,β-unsaturated/α-hetero) is 3. The molecule has 2 fully saturated rings. The number of aromatic amines is 2. The van der Waals surface area contributed by atoms with Crippen molar-refractivity contribution < 1.29 is 34.2 Å². The van der Waals surface area contributed by atoms with E-state index in [1.54, 1.807) is 37.4 Å². The van der Waals surface area contributed by atoms with Crippen molar-refractivity contribution in [3.8, 4) is 0 Å². The maximum atomic E-state index is 13.6. The van der Waals surface area contributed by atoms with E-state index in [-0.39, 0.29) is 41.0 Å². The van der Waals surface area contributed by atoms with E-state index in [1.807, 2.05) is 30.8 Å². The topological polar surface area (TPSA) is 193 Å². The van der Waals surface area contributed by atoms with Crippen molar-refractivity contribution >= 4 is 79.7 Å². The van der Waals surface area contributed by atoms with Crippen LogP contribution in [0, 0.1) is 13.8 Å². The number of benzene rings is 2. The van der Waals surface area contributed by atoms with Gasteiger partial charge in [0, 0.05) is 80.8 Å². The number of carbonyl (C=O) groups is 5. The van der Waals surface area contributed by atoms with Gasteiger partial charge in [0.25, 0.3) is 0 Å². The summed E-state index contributed by atoms with van der Waals surface area (Å²) in [4.78, 5) is 70.1. The quantitative estimate of drug-likeness (QED) is 0.0415. The van der Waals surface area contributed by atoms with Crippen LogP contribution in [0.15, 0.2) is 54.1 Å². The fourth-order valence-corrected chi connectivity index (χ4v) is 9.39. The Morgan fingerprint density at radius 3 is 2.42 bits per heavy atom. The predicted octanol–water partition coefficient (Wildman–Crippen LogP) is 6.84. The monoisotopic (exact) mass is 737 g/mol. The fraction of sp³-hybridized carbons (Fsp3) is 0.375. The zero-order valence-corrected chi connectivity index (χ0v) is 30.5. The van der Waals surface area contributed by atoms with Gasteiger partial charge in [0.15, 0.2) is 11.5 Å². The number of aliphatic hydroxyl groups is 2. The minimum absolute atomic E-state index is 0.0798. The lowest BCUT2D eigenvalue weighted by molar-refractivity contribution is -0.119. The van der Waals surface area contributed by atoms with Crippen LogP contribution in [-0.2, 0) is 19.2 Å². The first-order valence-electron chi connectivity index (χ1n) is 18.2. The zero-order valence-electron chi connectivity index (χ0n) is 29.7. The van der Waals surface area contributed by atoms with Crippen molar-refractivity contribution in [2.45, 2.75) is 89.0 Å². The number of amides is 3. The Hall–Kier alpha value is -5.30. The second-order valence-corrected chi connectivity index (χ2v) is 15.5. The number of hydrogen-bond donors (Lipinski definition) is 7. The number of anilines is 1. The Bertz CT molecular complexity index is 2230. The van der Waals surface area contributed by atoms with Crippen molar-refractivity contribution in [1.82, 2.24) is 20.6 Å². The number of rotatable bonds is 14. The second kappa shape index (κ2) is 15.0. The largest absolute Gasteiger partial charge is 0.504 e. The zero-order chi connectivity index (χ0) is 37.4. The molecule has 1 aliphatic carbocycles. The Kier molecular flexibility index (Phi) is 10.2. The molecule has 0 bridgehead atoms. The molecule has 0 saturated carbocycles. The van der Waals surface area contributed by atoms with E-state index in [1.165, 1.54) is 0 Å². The summed E-state index contributed by atoms with van der Waals surface area (Å²) in [5.74, 6) is -2.18. The molecule has 7 rings (SSSR count). The first-order chi connectivity index (χ1) is 25.5. The third kappa shape index (κ3) is 7.09. The van der Waals surface area contributed by atoms with E-state index in [0.29, 0.717) is 69.7 Å². The van der Waals surface area contributed by atoms with Gasteiger partial charge in [-0.3, -0.25) is 19.2 Å². The number of unbranched alkanes of at least 4 members (excludes halogenated alkanes) is 3. The molecule has 2 aromatic heterocycles. The van der Waals surface area contributed by atoms with Gasteiger partial charge in [-0.05, 0) is 57.2 Å². The van der Waals surface area contributed by atoms with Crippen LogP contribution in [0.1, 0.15) is 80.2 Å². The Labute approximate surface area is 310 Å². The summed E-state index contributed by atoms with van der Waals surface area (Å²) < 4.78 is 0. The normalized spacial score (nSPS) is 20.0. The van der Waals surface area contributed by atoms with Crippen LogP contribution < -0.4 is 16.0 Å². The number of para-hydroxylation sites is 1. The molecule has 3 amide bonds. The van der Waals surface area contributed by atoms with Gasteiger partial charge in [-0.1, -0.05) is 37.1 Å². The lowest BCUT2D eigenvalue weighted by Crippen LogP contribution is -2.36. The van der Waals surface area contributed by atoms with Gasteiger partial charge in [-0.15, -0.1) is 0 Å². The number of ketones is 3. The molecule has 53 heavy (non-hydrogen) atoms. The highest BCUT2D eigenvalue weighted by Gasteiger charge is 2.42. The SMILES string of the molecule is Cc1[nH]c2cc(NC(=O)CCCCCC(=O)CCCCC3SCC4NC(=O)NC43)ccc2c1C1=C(O)C(=O)C(c2c[nH]c3c(C)cccc23)=C(O)C1=O. The molecule has 276 valence electrons. The lowest BCUT2D eigenvalue weighted by Gasteiger charge is -2.18. The summed E-state index contributed by atoms with van der Waals surface area (Å²) in [6.45, 7) is 3.60. The van der Waals surface area contributed by atoms with Crippen molar-refractivity contribution in [1.29, 1.82) is 0 Å². The molecule has 4 aromatic rings. The maximum absolute atomic E-state index is 13.6. The van der Waals surface area contributed by atoms with Crippen LogP contribution in [0.25, 0.3) is 33.0 Å². The van der Waals surface area contributed by atoms with Gasteiger partial charge in [-0.2, -0.15) is 11.8 Å². The fourth-order valence-electron chi connectivity index (χ4n) is 7.85. The standard InChI is InChI=1S/C40H43N5O7S/c1-20-9-8-12-24-26(18-41-34(20)24)32-36(48)38(50)33(39(51)37(32)49)31-21(2)42-27-17-22(15-16-25(27)31)43-30(47)14-5-3-4-10-23(46)11-6-7-13-29-35-28(19-53-29)44-40(52)45-35/h8-9,12,15-18,28-29,35,41-42,48,51H,3-7,10-11,13-14,19H2,1-2H3,(H,43,47)(H2,44,45,52). The third-order valence-corrected chi connectivity index (χ3v) is 12.1. The van der Waals surface area contributed by atoms with E-state index >= 15 is 0 Å². The molecule has 4 heterocycles. The smallest absolute Gasteiger partial charge is 0.315 e. The van der Waals surface area contributed by atoms with Crippen LogP contribution in [-0.4, -0.2) is 72.6 Å². The first-order valence-corrected chi connectivity index (χ1v) is 19.2. The molecule has 2 saturated heterocycles. The number of aromatic nitrogens is 2. The molecule has 2 aromatic carbocycles. The number of urea groups is 1. The lowest BCUT2D eigenvalue weighted by atomic mass is 9.85. The van der Waals surface area contributed by atoms with E-state index in [0.717, 1.165) is 48.9 Å². The summed E-state index contributed by atoms with van der Waals surface area (Å²) in [7, 11) is 0. The van der Waals surface area contributed by atoms with Crippen LogP contribution >= 0.6 is 11.8 Å². The third-order valence-electron chi connectivity index (χ3n) is 10.6. The van der Waals surface area contributed by atoms with E-state index in [4.69, 9.17) is 0 Å². The highest BCUT2D eigenvalue weighted by molar-refractivity contribution is 8.00. The van der Waals surface area contributed by atoms with E-state index in [9.17, 15) is 34.2 Å². The number of hydrogen-bond acceptors (Lipinski definition) is 8. The molecular weight excluding hydrogens is 695 g/mol. The Balaban J connectivity index is 0.899. The van der Waals surface area contributed by atoms with Crippen molar-refractivity contribution in [3.05, 3.63) is 76.5 Å². The molecule has 3 aliphatic rings. The second-order valence-electron chi connectivity index (χ2n) is 14.2. The van der Waals surface area contributed by atoms with Gasteiger partial charge in [0.1, 0.15) is 5.78 Å². The van der Waals surface area contributed by atoms with Crippen LogP contribution in [0.3, 0.4) is 0 Å². The summed E-state index contributed by atoms with van der Waals surface area (Å²) in [6, 6.07) is 10.9. The van der Waals surface area contributed by atoms with Gasteiger partial charge in [0.05, 0.1) is 23.2 Å². The molecule has 2 aliphatic heterocycles. The number of aliphatic hydroxyl groups excluding tert-OH is 2. The summed E-state index contributed by atoms with van der Waals surface area (Å²) in [6.07, 6.45) is 7.87. The first kappa shape index (κ1) is 36.1. The number of aryl methyl sites for hydroxylation is 2. The molecule has 13 heteroatoms. The molecule has 12 nitrogen and oxygen atoms in total. The molecule has 0 spiro atoms. The summed E-state index contributed by atoms with van der Waals surface area (Å²) in [5, 5.41) is 32.7. The van der Waals surface area contributed by atoms with E-state index in [2.05, 4.69) is 25.9 Å². The molecule has 0 radical (unpaired) electrons. The van der Waals surface area contributed by atoms with Crippen LogP contribution in [0.4, 0.5) is 10.5 Å². The molecule has 3 unspecified atom stereocenters. The number of carbonyl (C=O) groups excluding carboxylic acids is 5. The number of thioether (sulfide) groups is 1. The average molecular weight is 738 g/mol.